The number of rotatable bonds is 6. The number of nitrogens with zero attached hydrogens (tertiary/aromatic N) is 2. The van der Waals surface area contributed by atoms with Gasteiger partial charge in [-0.3, -0.25) is 5.43 Å². The van der Waals surface area contributed by atoms with E-state index in [1.54, 1.807) is 26.2 Å². The molecule has 1 aliphatic heterocycles. The lowest BCUT2D eigenvalue weighted by Gasteiger charge is -2.24. The molecule has 0 spiro atoms. The largest absolute Gasteiger partial charge is 0.496 e. The summed E-state index contributed by atoms with van der Waals surface area (Å²) in [4.78, 5) is 3.98. The van der Waals surface area contributed by atoms with Crippen molar-refractivity contribution >= 4 is 11.4 Å². The van der Waals surface area contributed by atoms with E-state index >= 15 is 0 Å². The van der Waals surface area contributed by atoms with Gasteiger partial charge in [-0.2, -0.15) is 27.6 Å². The van der Waals surface area contributed by atoms with Crippen molar-refractivity contribution in [3.05, 3.63) is 52.9 Å². The van der Waals surface area contributed by atoms with Crippen LogP contribution in [0.3, 0.4) is 0 Å². The Balaban J connectivity index is 1.83. The predicted molar refractivity (Wildman–Crippen MR) is 101 cm³/mol. The van der Waals surface area contributed by atoms with Crippen molar-refractivity contribution in [2.24, 2.45) is 5.10 Å². The molecule has 1 fully saturated rings. The highest BCUT2D eigenvalue weighted by molar-refractivity contribution is 5.99. The lowest BCUT2D eigenvalue weighted by molar-refractivity contribution is -0.918. The molecule has 2 N–H and O–H groups in total. The molecule has 0 radical (unpaired) electrons. The number of ether oxygens (including phenoxy) is 1. The van der Waals surface area contributed by atoms with E-state index in [0.717, 1.165) is 30.9 Å². The predicted octanol–water partition coefficient (Wildman–Crippen LogP) is 3.05. The van der Waals surface area contributed by atoms with Crippen LogP contribution in [-0.2, 0) is 6.54 Å². The smallest absolute Gasteiger partial charge is 0.254 e. The van der Waals surface area contributed by atoms with Crippen LogP contribution >= 0.6 is 0 Å². The van der Waals surface area contributed by atoms with Gasteiger partial charge in [0.1, 0.15) is 18.0 Å². The van der Waals surface area contributed by atoms with E-state index in [4.69, 9.17) is 4.74 Å². The summed E-state index contributed by atoms with van der Waals surface area (Å²) in [6, 6.07) is 5.47. The molecular weight excluding hydrogens is 388 g/mol. The number of nitrogens with one attached hydrogen (secondary N) is 2. The number of methoxy groups -OCH3 is 1. The third-order valence-electron chi connectivity index (χ3n) is 5.03. The normalized spacial score (nSPS) is 15.4. The van der Waals surface area contributed by atoms with Crippen molar-refractivity contribution in [1.29, 1.82) is 0 Å². The maximum absolute atomic E-state index is 13.7. The van der Waals surface area contributed by atoms with Crippen LogP contribution in [0.25, 0.3) is 0 Å². The molecule has 1 aliphatic rings. The van der Waals surface area contributed by atoms with Crippen molar-refractivity contribution in [2.45, 2.75) is 32.7 Å². The van der Waals surface area contributed by atoms with Crippen LogP contribution in [0.2, 0.25) is 0 Å². The zero-order chi connectivity index (χ0) is 21.0. The van der Waals surface area contributed by atoms with Crippen molar-refractivity contribution in [3.8, 4) is 5.75 Å². The number of benzene rings is 1. The molecule has 0 unspecified atom stereocenters. The first-order chi connectivity index (χ1) is 13.9. The quantitative estimate of drug-likeness (QED) is 0.333. The van der Waals surface area contributed by atoms with Gasteiger partial charge >= 0.3 is 0 Å². The van der Waals surface area contributed by atoms with E-state index in [9.17, 15) is 17.6 Å². The molecule has 2 aromatic rings. The van der Waals surface area contributed by atoms with Gasteiger partial charge in [-0.05, 0) is 49.9 Å². The SMILES string of the molecule is COc1ccc(/C(C)=N\Nc2c(F)c(F)nc(F)c2F)cc1C[NH+]1CCCCC1. The average molecular weight is 411 g/mol. The summed E-state index contributed by atoms with van der Waals surface area (Å²) >= 11 is 0. The Bertz CT molecular complexity index is 888. The number of aromatic nitrogens is 1. The lowest BCUT2D eigenvalue weighted by Crippen LogP contribution is -3.11. The number of likely N-dealkylation sites (tertiary alicyclic amines) is 1. The van der Waals surface area contributed by atoms with Gasteiger partial charge in [0, 0.05) is 5.56 Å². The molecule has 1 saturated heterocycles. The molecule has 3 rings (SSSR count). The number of anilines is 1. The summed E-state index contributed by atoms with van der Waals surface area (Å²) in [5.41, 5.74) is 3.12. The Kier molecular flexibility index (Phi) is 6.68. The van der Waals surface area contributed by atoms with Gasteiger partial charge in [0.05, 0.1) is 25.9 Å². The fourth-order valence-electron chi connectivity index (χ4n) is 3.43. The number of halogens is 4. The van der Waals surface area contributed by atoms with Gasteiger partial charge in [0.2, 0.25) is 11.6 Å². The number of hydrogen-bond donors (Lipinski definition) is 2. The van der Waals surface area contributed by atoms with Gasteiger partial charge < -0.3 is 9.64 Å². The van der Waals surface area contributed by atoms with Crippen molar-refractivity contribution in [1.82, 2.24) is 4.98 Å². The number of hydrazone groups is 1. The molecule has 0 bridgehead atoms. The number of piperidine rings is 1. The molecule has 0 saturated carbocycles. The van der Waals surface area contributed by atoms with Gasteiger partial charge in [0.25, 0.3) is 11.9 Å². The second-order valence-corrected chi connectivity index (χ2v) is 7.02. The van der Waals surface area contributed by atoms with Crippen LogP contribution in [0.5, 0.6) is 5.75 Å². The van der Waals surface area contributed by atoms with E-state index < -0.39 is 29.2 Å². The molecule has 9 heteroatoms. The minimum atomic E-state index is -1.74. The molecule has 2 heterocycles. The van der Waals surface area contributed by atoms with E-state index in [-0.39, 0.29) is 0 Å². The molecule has 5 nitrogen and oxygen atoms in total. The van der Waals surface area contributed by atoms with Crippen LogP contribution in [-0.4, -0.2) is 30.9 Å². The molecule has 1 aromatic carbocycles. The Labute approximate surface area is 166 Å². The van der Waals surface area contributed by atoms with Crippen LogP contribution in [0, 0.1) is 23.5 Å². The third-order valence-corrected chi connectivity index (χ3v) is 5.03. The van der Waals surface area contributed by atoms with Crippen LogP contribution < -0.4 is 15.1 Å². The van der Waals surface area contributed by atoms with Gasteiger partial charge in [0.15, 0.2) is 0 Å². The Morgan fingerprint density at radius 3 is 2.38 bits per heavy atom. The number of quaternary nitrogens is 1. The summed E-state index contributed by atoms with van der Waals surface area (Å²) in [6.07, 6.45) is 3.64. The van der Waals surface area contributed by atoms with Crippen molar-refractivity contribution < 1.29 is 27.2 Å². The zero-order valence-corrected chi connectivity index (χ0v) is 16.3. The molecule has 0 aliphatic carbocycles. The lowest BCUT2D eigenvalue weighted by atomic mass is 10.0. The third kappa shape index (κ3) is 4.84. The first-order valence-corrected chi connectivity index (χ1v) is 9.41. The standard InChI is InChI=1S/C20H22F4N4O/c1-12(26-27-18-16(21)19(23)25-20(24)17(18)22)13-6-7-15(29-2)14(10-13)11-28-8-4-3-5-9-28/h6-7,10H,3-5,8-9,11H2,1-2H3,(H,25,27)/p+1/b26-12-. The van der Waals surface area contributed by atoms with Crippen molar-refractivity contribution in [2.75, 3.05) is 25.6 Å². The van der Waals surface area contributed by atoms with Crippen LogP contribution in [0.4, 0.5) is 23.2 Å². The van der Waals surface area contributed by atoms with Crippen LogP contribution in [0.1, 0.15) is 37.3 Å². The highest BCUT2D eigenvalue weighted by Gasteiger charge is 2.21. The molecule has 1 aromatic heterocycles. The maximum Gasteiger partial charge on any atom is 0.254 e. The average Bonchev–Trinajstić information content (AvgIpc) is 2.73. The van der Waals surface area contributed by atoms with Crippen molar-refractivity contribution in [3.63, 3.8) is 0 Å². The second-order valence-electron chi connectivity index (χ2n) is 7.02. The molecule has 156 valence electrons. The maximum atomic E-state index is 13.7. The van der Waals surface area contributed by atoms with Gasteiger partial charge in [-0.15, -0.1) is 0 Å². The van der Waals surface area contributed by atoms with Gasteiger partial charge in [-0.25, -0.2) is 0 Å². The Morgan fingerprint density at radius 2 is 1.76 bits per heavy atom. The monoisotopic (exact) mass is 411 g/mol. The first-order valence-electron chi connectivity index (χ1n) is 9.41. The van der Waals surface area contributed by atoms with E-state index in [1.165, 1.54) is 24.2 Å². The summed E-state index contributed by atoms with van der Waals surface area (Å²) in [5.74, 6) is -6.00. The summed E-state index contributed by atoms with van der Waals surface area (Å²) in [6.45, 7) is 4.61. The van der Waals surface area contributed by atoms with Gasteiger partial charge in [-0.1, -0.05) is 0 Å². The van der Waals surface area contributed by atoms with E-state index in [0.29, 0.717) is 11.3 Å². The summed E-state index contributed by atoms with van der Waals surface area (Å²) in [5, 5.41) is 3.89. The van der Waals surface area contributed by atoms with E-state index in [1.807, 2.05) is 6.07 Å². The topological polar surface area (TPSA) is 50.9 Å². The highest BCUT2D eigenvalue weighted by Crippen LogP contribution is 2.23. The zero-order valence-electron chi connectivity index (χ0n) is 16.3. The fourth-order valence-corrected chi connectivity index (χ4v) is 3.43. The summed E-state index contributed by atoms with van der Waals surface area (Å²) < 4.78 is 59.4. The van der Waals surface area contributed by atoms with Crippen LogP contribution in [0.15, 0.2) is 23.3 Å². The Morgan fingerprint density at radius 1 is 1.10 bits per heavy atom. The minimum absolute atomic E-state index is 0.388. The minimum Gasteiger partial charge on any atom is -0.496 e. The number of hydrogen-bond acceptors (Lipinski definition) is 4. The molecular formula is C20H23F4N4O+. The summed E-state index contributed by atoms with van der Waals surface area (Å²) in [7, 11) is 1.60. The molecule has 0 atom stereocenters. The second kappa shape index (κ2) is 9.21. The molecule has 29 heavy (non-hydrogen) atoms. The molecule has 0 amide bonds. The number of pyridine rings is 1. The van der Waals surface area contributed by atoms with E-state index in [2.05, 4.69) is 15.5 Å². The first kappa shape index (κ1) is 21.0. The fraction of sp³-hybridized carbons (Fsp3) is 0.400. The highest BCUT2D eigenvalue weighted by atomic mass is 19.2. The Hall–Kier alpha value is -2.68.